The van der Waals surface area contributed by atoms with Crippen molar-refractivity contribution in [2.24, 2.45) is 0 Å². The van der Waals surface area contributed by atoms with Crippen molar-refractivity contribution in [2.75, 3.05) is 0 Å². The van der Waals surface area contributed by atoms with Crippen LogP contribution in [0.25, 0.3) is 0 Å². The molecule has 0 bridgehead atoms. The molecule has 1 aromatic rings. The fourth-order valence-corrected chi connectivity index (χ4v) is 3.97. The molecule has 0 saturated heterocycles. The van der Waals surface area contributed by atoms with Crippen LogP contribution >= 0.6 is 0 Å². The fraction of sp³-hybridized carbons (Fsp3) is 0.704. The van der Waals surface area contributed by atoms with Gasteiger partial charge in [-0.15, -0.1) is 0 Å². The lowest BCUT2D eigenvalue weighted by Gasteiger charge is -2.26. The molecule has 0 amide bonds. The Balaban J connectivity index is 2.36. The fourth-order valence-electron chi connectivity index (χ4n) is 3.97. The number of hydrogen-bond donors (Lipinski definition) is 1. The average molecular weight is 449 g/mol. The van der Waals surface area contributed by atoms with Gasteiger partial charge in [0.15, 0.2) is 0 Å². The van der Waals surface area contributed by atoms with Crippen LogP contribution in [-0.4, -0.2) is 29.3 Å². The molecule has 1 N–H and O–H groups in total. The van der Waals surface area contributed by atoms with Crippen molar-refractivity contribution in [3.05, 3.63) is 35.9 Å². The van der Waals surface area contributed by atoms with Gasteiger partial charge in [-0.3, -0.25) is 9.59 Å². The molecule has 0 heterocycles. The molecule has 5 nitrogen and oxygen atoms in total. The summed E-state index contributed by atoms with van der Waals surface area (Å²) in [5.74, 6) is -1.46. The lowest BCUT2D eigenvalue weighted by Crippen LogP contribution is -2.35. The second-order valence-corrected chi connectivity index (χ2v) is 8.76. The average Bonchev–Trinajstić information content (AvgIpc) is 2.76. The first-order chi connectivity index (χ1) is 15.5. The molecule has 0 radical (unpaired) electrons. The molecule has 182 valence electrons. The summed E-state index contributed by atoms with van der Waals surface area (Å²) in [6, 6.07) is 9.77. The van der Waals surface area contributed by atoms with Crippen molar-refractivity contribution in [1.29, 1.82) is 0 Å². The maximum atomic E-state index is 11.5. The Morgan fingerprint density at radius 1 is 0.812 bits per heavy atom. The number of hydrogen-bond acceptors (Lipinski definition) is 4. The molecular weight excluding hydrogens is 404 g/mol. The lowest BCUT2D eigenvalue weighted by molar-refractivity contribution is -0.161. The van der Waals surface area contributed by atoms with Crippen LogP contribution < -0.4 is 0 Å². The SMILES string of the molecule is CCCCCCCCCCCCCCC(OCc1ccccc1)C(CC(=O)O)OC(C)=O. The van der Waals surface area contributed by atoms with Gasteiger partial charge >= 0.3 is 11.9 Å². The highest BCUT2D eigenvalue weighted by Gasteiger charge is 2.27. The van der Waals surface area contributed by atoms with Crippen LogP contribution in [0.15, 0.2) is 30.3 Å². The third-order valence-corrected chi connectivity index (χ3v) is 5.76. The second kappa shape index (κ2) is 18.7. The van der Waals surface area contributed by atoms with Gasteiger partial charge in [0.05, 0.1) is 19.1 Å². The molecule has 0 fully saturated rings. The zero-order chi connectivity index (χ0) is 23.4. The van der Waals surface area contributed by atoms with Gasteiger partial charge in [0, 0.05) is 6.92 Å². The molecule has 1 aromatic carbocycles. The number of ether oxygens (including phenoxy) is 2. The van der Waals surface area contributed by atoms with E-state index in [2.05, 4.69) is 6.92 Å². The highest BCUT2D eigenvalue weighted by atomic mass is 16.6. The summed E-state index contributed by atoms with van der Waals surface area (Å²) < 4.78 is 11.4. The molecule has 0 saturated carbocycles. The summed E-state index contributed by atoms with van der Waals surface area (Å²) in [5, 5.41) is 9.26. The summed E-state index contributed by atoms with van der Waals surface area (Å²) in [4.78, 5) is 22.8. The minimum atomic E-state index is -0.987. The normalized spacial score (nSPS) is 12.9. The van der Waals surface area contributed by atoms with Crippen LogP contribution in [0.4, 0.5) is 0 Å². The summed E-state index contributed by atoms with van der Waals surface area (Å²) in [6.45, 7) is 3.94. The number of rotatable bonds is 20. The Labute approximate surface area is 194 Å². The standard InChI is InChI=1S/C27H44O5/c1-3-4-5-6-7-8-9-10-11-12-13-17-20-25(26(21-27(29)30)32-23(2)28)31-22-24-18-15-14-16-19-24/h14-16,18-19,25-26H,3-13,17,20-22H2,1-2H3,(H,29,30). The Morgan fingerprint density at radius 3 is 1.84 bits per heavy atom. The Hall–Kier alpha value is -1.88. The number of esters is 1. The monoisotopic (exact) mass is 448 g/mol. The number of carboxylic acid groups (broad SMARTS) is 1. The first kappa shape index (κ1) is 28.2. The zero-order valence-corrected chi connectivity index (χ0v) is 20.2. The van der Waals surface area contributed by atoms with Gasteiger partial charge in [0.25, 0.3) is 0 Å². The third-order valence-electron chi connectivity index (χ3n) is 5.76. The third kappa shape index (κ3) is 15.0. The van der Waals surface area contributed by atoms with Crippen LogP contribution in [0.5, 0.6) is 0 Å². The van der Waals surface area contributed by atoms with Gasteiger partial charge in [0.2, 0.25) is 0 Å². The summed E-state index contributed by atoms with van der Waals surface area (Å²) in [5.41, 5.74) is 1.02. The number of unbranched alkanes of at least 4 members (excludes halogenated alkanes) is 11. The Kier molecular flexibility index (Phi) is 16.4. The maximum Gasteiger partial charge on any atom is 0.307 e. The van der Waals surface area contributed by atoms with E-state index in [1.54, 1.807) is 0 Å². The van der Waals surface area contributed by atoms with E-state index in [1.807, 2.05) is 30.3 Å². The van der Waals surface area contributed by atoms with Crippen molar-refractivity contribution in [3.63, 3.8) is 0 Å². The largest absolute Gasteiger partial charge is 0.481 e. The van der Waals surface area contributed by atoms with Crippen molar-refractivity contribution in [3.8, 4) is 0 Å². The van der Waals surface area contributed by atoms with Crippen LogP contribution in [0.3, 0.4) is 0 Å². The van der Waals surface area contributed by atoms with Crippen molar-refractivity contribution in [1.82, 2.24) is 0 Å². The van der Waals surface area contributed by atoms with Crippen LogP contribution in [0.2, 0.25) is 0 Å². The van der Waals surface area contributed by atoms with Crippen molar-refractivity contribution < 1.29 is 24.2 Å². The van der Waals surface area contributed by atoms with E-state index >= 15 is 0 Å². The Morgan fingerprint density at radius 2 is 1.34 bits per heavy atom. The van der Waals surface area contributed by atoms with Gasteiger partial charge in [-0.05, 0) is 12.0 Å². The van der Waals surface area contributed by atoms with Gasteiger partial charge in [-0.1, -0.05) is 114 Å². The van der Waals surface area contributed by atoms with Gasteiger partial charge in [0.1, 0.15) is 6.10 Å². The summed E-state index contributed by atoms with van der Waals surface area (Å²) in [6.07, 6.45) is 14.4. The molecule has 0 spiro atoms. The van der Waals surface area contributed by atoms with Crippen molar-refractivity contribution in [2.45, 2.75) is 123 Å². The molecular formula is C27H44O5. The van der Waals surface area contributed by atoms with Crippen LogP contribution in [0, 0.1) is 0 Å². The smallest absolute Gasteiger partial charge is 0.307 e. The van der Waals surface area contributed by atoms with E-state index in [1.165, 1.54) is 71.1 Å². The summed E-state index contributed by atoms with van der Waals surface area (Å²) >= 11 is 0. The molecule has 0 aliphatic rings. The number of aliphatic carboxylic acids is 1. The molecule has 0 aliphatic carbocycles. The quantitative estimate of drug-likeness (QED) is 0.171. The number of carbonyl (C=O) groups excluding carboxylic acids is 1. The summed E-state index contributed by atoms with van der Waals surface area (Å²) in [7, 11) is 0. The highest BCUT2D eigenvalue weighted by molar-refractivity contribution is 5.69. The van der Waals surface area contributed by atoms with Crippen LogP contribution in [-0.2, 0) is 25.7 Å². The molecule has 2 unspecified atom stereocenters. The van der Waals surface area contributed by atoms with E-state index in [0.29, 0.717) is 13.0 Å². The second-order valence-electron chi connectivity index (χ2n) is 8.76. The molecule has 0 aromatic heterocycles. The lowest BCUT2D eigenvalue weighted by atomic mass is 10.0. The van der Waals surface area contributed by atoms with E-state index in [-0.39, 0.29) is 6.42 Å². The molecule has 5 heteroatoms. The maximum absolute atomic E-state index is 11.5. The van der Waals surface area contributed by atoms with E-state index in [9.17, 15) is 14.7 Å². The Bertz CT molecular complexity index is 585. The topological polar surface area (TPSA) is 72.8 Å². The van der Waals surface area contributed by atoms with E-state index in [4.69, 9.17) is 9.47 Å². The highest BCUT2D eigenvalue weighted by Crippen LogP contribution is 2.20. The van der Waals surface area contributed by atoms with E-state index < -0.39 is 24.1 Å². The molecule has 1 rings (SSSR count). The predicted octanol–water partition coefficient (Wildman–Crippen LogP) is 7.07. The minimum Gasteiger partial charge on any atom is -0.481 e. The number of benzene rings is 1. The van der Waals surface area contributed by atoms with Gasteiger partial charge in [-0.2, -0.15) is 0 Å². The molecule has 0 aliphatic heterocycles. The number of carboxylic acids is 1. The van der Waals surface area contributed by atoms with Crippen LogP contribution in [0.1, 0.15) is 109 Å². The van der Waals surface area contributed by atoms with Gasteiger partial charge in [-0.25, -0.2) is 0 Å². The number of carbonyl (C=O) groups is 2. The predicted molar refractivity (Wildman–Crippen MR) is 129 cm³/mol. The van der Waals surface area contributed by atoms with Gasteiger partial charge < -0.3 is 14.6 Å². The first-order valence-corrected chi connectivity index (χ1v) is 12.6. The molecule has 2 atom stereocenters. The minimum absolute atomic E-state index is 0.239. The zero-order valence-electron chi connectivity index (χ0n) is 20.2. The molecule has 32 heavy (non-hydrogen) atoms. The van der Waals surface area contributed by atoms with E-state index in [0.717, 1.165) is 18.4 Å². The first-order valence-electron chi connectivity index (χ1n) is 12.6. The van der Waals surface area contributed by atoms with Crippen molar-refractivity contribution >= 4 is 11.9 Å².